The molecule has 0 aromatic rings. The molecule has 0 aliphatic heterocycles. The third-order valence-corrected chi connectivity index (χ3v) is 4.69. The zero-order chi connectivity index (χ0) is 14.1. The molecule has 2 atom stereocenters. The number of halogens is 3. The van der Waals surface area contributed by atoms with E-state index in [1.165, 1.54) is 0 Å². The molecule has 3 nitrogen and oxygen atoms in total. The highest BCUT2D eigenvalue weighted by Gasteiger charge is 2.49. The molecule has 0 aromatic carbocycles. The third kappa shape index (κ3) is 2.88. The van der Waals surface area contributed by atoms with Crippen molar-refractivity contribution in [2.45, 2.75) is 57.2 Å². The second kappa shape index (κ2) is 5.31. The van der Waals surface area contributed by atoms with Gasteiger partial charge in [-0.2, -0.15) is 13.2 Å². The first-order chi connectivity index (χ1) is 8.89. The number of rotatable bonds is 3. The second-order valence-corrected chi connectivity index (χ2v) is 5.85. The van der Waals surface area contributed by atoms with Gasteiger partial charge in [0.1, 0.15) is 0 Å². The van der Waals surface area contributed by atoms with Crippen LogP contribution >= 0.6 is 0 Å². The molecule has 0 saturated heterocycles. The molecule has 2 aliphatic carbocycles. The van der Waals surface area contributed by atoms with Crippen LogP contribution in [0.15, 0.2) is 0 Å². The Morgan fingerprint density at radius 2 is 1.84 bits per heavy atom. The topological polar surface area (TPSA) is 55.1 Å². The average molecular weight is 278 g/mol. The number of nitrogens with one attached hydrogen (secondary N) is 1. The Kier molecular flexibility index (Phi) is 4.08. The molecular formula is C13H21F3N2O. The molecule has 19 heavy (non-hydrogen) atoms. The lowest BCUT2D eigenvalue weighted by Crippen LogP contribution is -2.56. The number of carbonyl (C=O) groups excluding carboxylic acids is 1. The van der Waals surface area contributed by atoms with Gasteiger partial charge < -0.3 is 11.1 Å². The summed E-state index contributed by atoms with van der Waals surface area (Å²) >= 11 is 0. The van der Waals surface area contributed by atoms with Gasteiger partial charge in [0.15, 0.2) is 0 Å². The summed E-state index contributed by atoms with van der Waals surface area (Å²) in [5, 5.41) is 2.63. The van der Waals surface area contributed by atoms with E-state index in [0.29, 0.717) is 25.7 Å². The Morgan fingerprint density at radius 3 is 2.32 bits per heavy atom. The lowest BCUT2D eigenvalue weighted by atomic mass is 9.67. The van der Waals surface area contributed by atoms with Crippen LogP contribution in [0.2, 0.25) is 0 Å². The van der Waals surface area contributed by atoms with Crippen molar-refractivity contribution < 1.29 is 18.0 Å². The standard InChI is InChI=1S/C13H21F3N2O/c14-13(15,16)9-4-1-2-5-10(9)18-11(19)12(8-17)6-3-7-12/h9-10H,1-8,17H2,(H,18,19). The molecule has 1 amide bonds. The first-order valence-electron chi connectivity index (χ1n) is 6.97. The molecule has 0 radical (unpaired) electrons. The van der Waals surface area contributed by atoms with Crippen LogP contribution in [-0.4, -0.2) is 24.7 Å². The van der Waals surface area contributed by atoms with E-state index < -0.39 is 23.6 Å². The summed E-state index contributed by atoms with van der Waals surface area (Å²) < 4.78 is 38.8. The summed E-state index contributed by atoms with van der Waals surface area (Å²) in [7, 11) is 0. The van der Waals surface area contributed by atoms with Crippen LogP contribution in [0, 0.1) is 11.3 Å². The first-order valence-corrected chi connectivity index (χ1v) is 6.97. The van der Waals surface area contributed by atoms with Crippen molar-refractivity contribution >= 4 is 5.91 Å². The molecule has 2 fully saturated rings. The normalized spacial score (nSPS) is 30.5. The molecule has 2 aliphatic rings. The van der Waals surface area contributed by atoms with Crippen LogP contribution in [0.25, 0.3) is 0 Å². The number of hydrogen-bond acceptors (Lipinski definition) is 2. The number of alkyl halides is 3. The summed E-state index contributed by atoms with van der Waals surface area (Å²) in [5.41, 5.74) is 5.01. The van der Waals surface area contributed by atoms with Crippen molar-refractivity contribution in [2.75, 3.05) is 6.54 Å². The lowest BCUT2D eigenvalue weighted by Gasteiger charge is -2.42. The van der Waals surface area contributed by atoms with E-state index in [-0.39, 0.29) is 18.9 Å². The maximum atomic E-state index is 12.9. The van der Waals surface area contributed by atoms with Crippen LogP contribution in [-0.2, 0) is 4.79 Å². The SMILES string of the molecule is NCC1(C(=O)NC2CCCCC2C(F)(F)F)CCC1. The van der Waals surface area contributed by atoms with Gasteiger partial charge in [-0.1, -0.05) is 19.3 Å². The highest BCUT2D eigenvalue weighted by atomic mass is 19.4. The molecule has 3 N–H and O–H groups in total. The molecule has 2 saturated carbocycles. The van der Waals surface area contributed by atoms with Crippen LogP contribution in [0.5, 0.6) is 0 Å². The molecule has 2 unspecified atom stereocenters. The molecular weight excluding hydrogens is 257 g/mol. The van der Waals surface area contributed by atoms with Crippen molar-refractivity contribution in [2.24, 2.45) is 17.1 Å². The van der Waals surface area contributed by atoms with E-state index >= 15 is 0 Å². The molecule has 2 rings (SSSR count). The minimum Gasteiger partial charge on any atom is -0.352 e. The molecule has 0 heterocycles. The zero-order valence-corrected chi connectivity index (χ0v) is 10.9. The fourth-order valence-electron chi connectivity index (χ4n) is 3.14. The average Bonchev–Trinajstić information content (AvgIpc) is 2.27. The summed E-state index contributed by atoms with van der Waals surface area (Å²) in [6.45, 7) is 0.224. The number of hydrogen-bond donors (Lipinski definition) is 2. The Balaban J connectivity index is 2.01. The molecule has 6 heteroatoms. The highest BCUT2D eigenvalue weighted by molar-refractivity contribution is 5.84. The molecule has 0 spiro atoms. The van der Waals surface area contributed by atoms with Crippen molar-refractivity contribution in [3.05, 3.63) is 0 Å². The van der Waals surface area contributed by atoms with Crippen molar-refractivity contribution in [1.82, 2.24) is 5.32 Å². The van der Waals surface area contributed by atoms with Gasteiger partial charge in [0.25, 0.3) is 0 Å². The van der Waals surface area contributed by atoms with E-state index in [1.54, 1.807) is 0 Å². The van der Waals surface area contributed by atoms with Crippen LogP contribution < -0.4 is 11.1 Å². The minimum atomic E-state index is -4.23. The maximum Gasteiger partial charge on any atom is 0.393 e. The van der Waals surface area contributed by atoms with E-state index in [0.717, 1.165) is 12.8 Å². The van der Waals surface area contributed by atoms with Gasteiger partial charge in [-0.15, -0.1) is 0 Å². The van der Waals surface area contributed by atoms with Crippen LogP contribution in [0.4, 0.5) is 13.2 Å². The largest absolute Gasteiger partial charge is 0.393 e. The van der Waals surface area contributed by atoms with Gasteiger partial charge in [-0.25, -0.2) is 0 Å². The Bertz CT molecular complexity index is 334. The summed E-state index contributed by atoms with van der Waals surface area (Å²) in [5.74, 6) is -1.68. The zero-order valence-electron chi connectivity index (χ0n) is 10.9. The highest BCUT2D eigenvalue weighted by Crippen LogP contribution is 2.42. The monoisotopic (exact) mass is 278 g/mol. The number of nitrogens with two attached hydrogens (primary N) is 1. The van der Waals surface area contributed by atoms with E-state index in [1.807, 2.05) is 0 Å². The van der Waals surface area contributed by atoms with Gasteiger partial charge in [-0.05, 0) is 25.7 Å². The molecule has 0 aromatic heterocycles. The molecule has 0 bridgehead atoms. The quantitative estimate of drug-likeness (QED) is 0.832. The summed E-state index contributed by atoms with van der Waals surface area (Å²) in [4.78, 5) is 12.2. The van der Waals surface area contributed by atoms with E-state index in [2.05, 4.69) is 5.32 Å². The van der Waals surface area contributed by atoms with Gasteiger partial charge >= 0.3 is 6.18 Å². The Hall–Kier alpha value is -0.780. The van der Waals surface area contributed by atoms with Gasteiger partial charge in [0.2, 0.25) is 5.91 Å². The van der Waals surface area contributed by atoms with Crippen LogP contribution in [0.3, 0.4) is 0 Å². The van der Waals surface area contributed by atoms with Crippen molar-refractivity contribution in [1.29, 1.82) is 0 Å². The number of carbonyl (C=O) groups is 1. The van der Waals surface area contributed by atoms with E-state index in [4.69, 9.17) is 5.73 Å². The number of amides is 1. The predicted octanol–water partition coefficient (Wildman–Crippen LogP) is 2.35. The summed E-state index contributed by atoms with van der Waals surface area (Å²) in [6, 6.07) is -0.773. The fraction of sp³-hybridized carbons (Fsp3) is 0.923. The Morgan fingerprint density at radius 1 is 1.21 bits per heavy atom. The van der Waals surface area contributed by atoms with Gasteiger partial charge in [0, 0.05) is 12.6 Å². The van der Waals surface area contributed by atoms with Crippen molar-refractivity contribution in [3.63, 3.8) is 0 Å². The fourth-order valence-corrected chi connectivity index (χ4v) is 3.14. The van der Waals surface area contributed by atoms with Gasteiger partial charge in [0.05, 0.1) is 11.3 Å². The summed E-state index contributed by atoms with van der Waals surface area (Å²) in [6.07, 6.45) is -0.0598. The van der Waals surface area contributed by atoms with Crippen molar-refractivity contribution in [3.8, 4) is 0 Å². The third-order valence-electron chi connectivity index (χ3n) is 4.69. The first kappa shape index (κ1) is 14.6. The smallest absolute Gasteiger partial charge is 0.352 e. The molecule has 110 valence electrons. The lowest BCUT2D eigenvalue weighted by molar-refractivity contribution is -0.190. The maximum absolute atomic E-state index is 12.9. The minimum absolute atomic E-state index is 0.115. The predicted molar refractivity (Wildman–Crippen MR) is 65.3 cm³/mol. The van der Waals surface area contributed by atoms with E-state index in [9.17, 15) is 18.0 Å². The van der Waals surface area contributed by atoms with Crippen LogP contribution in [0.1, 0.15) is 44.9 Å². The second-order valence-electron chi connectivity index (χ2n) is 5.85. The van der Waals surface area contributed by atoms with Gasteiger partial charge in [-0.3, -0.25) is 4.79 Å². The Labute approximate surface area is 111 Å².